The lowest BCUT2D eigenvalue weighted by molar-refractivity contribution is 1.14. The Hall–Kier alpha value is -4.23. The van der Waals surface area contributed by atoms with Gasteiger partial charge < -0.3 is 0 Å². The number of rotatable bonds is 4. The zero-order valence-electron chi connectivity index (χ0n) is 19.2. The van der Waals surface area contributed by atoms with E-state index in [1.54, 1.807) is 0 Å². The van der Waals surface area contributed by atoms with Gasteiger partial charge in [0, 0.05) is 17.3 Å². The van der Waals surface area contributed by atoms with Crippen LogP contribution < -0.4 is 0 Å². The van der Waals surface area contributed by atoms with Crippen LogP contribution in [0.25, 0.3) is 55.1 Å². The second kappa shape index (κ2) is 8.61. The summed E-state index contributed by atoms with van der Waals surface area (Å²) in [7, 11) is 0. The second-order valence-corrected chi connectivity index (χ2v) is 8.79. The van der Waals surface area contributed by atoms with E-state index < -0.39 is 0 Å². The maximum Gasteiger partial charge on any atom is 0.0708 e. The van der Waals surface area contributed by atoms with Crippen LogP contribution in [0.15, 0.2) is 121 Å². The SMILES string of the molecule is CCc1ccc(-c2ccc3ccc(-c4ccc(-c5cccc6ccccc56)nc4)cc3c2)cc1. The minimum Gasteiger partial charge on any atom is -0.256 e. The molecule has 1 aromatic heterocycles. The quantitative estimate of drug-likeness (QED) is 0.269. The van der Waals surface area contributed by atoms with Gasteiger partial charge in [-0.3, -0.25) is 4.98 Å². The third-order valence-electron chi connectivity index (χ3n) is 6.70. The third-order valence-corrected chi connectivity index (χ3v) is 6.70. The van der Waals surface area contributed by atoms with Gasteiger partial charge in [0.1, 0.15) is 0 Å². The fourth-order valence-electron chi connectivity index (χ4n) is 4.71. The van der Waals surface area contributed by atoms with E-state index in [1.165, 1.54) is 49.4 Å². The van der Waals surface area contributed by atoms with E-state index in [1.807, 2.05) is 6.20 Å². The smallest absolute Gasteiger partial charge is 0.0708 e. The molecule has 0 fully saturated rings. The Balaban J connectivity index is 1.35. The van der Waals surface area contributed by atoms with Crippen molar-refractivity contribution < 1.29 is 0 Å². The number of fused-ring (bicyclic) bond motifs is 2. The number of nitrogens with zero attached hydrogens (tertiary/aromatic N) is 1. The number of benzene rings is 5. The Kier molecular flexibility index (Phi) is 5.16. The highest BCUT2D eigenvalue weighted by Crippen LogP contribution is 2.31. The van der Waals surface area contributed by atoms with E-state index in [0.29, 0.717) is 0 Å². The highest BCUT2D eigenvalue weighted by Gasteiger charge is 2.07. The standard InChI is InChI=1S/C33H25N/c1-2-23-10-12-24(13-11-23)27-16-14-25-15-17-28(21-30(25)20-27)29-18-19-33(34-22-29)32-9-5-7-26-6-3-4-8-31(26)32/h3-22H,2H2,1H3. The van der Waals surface area contributed by atoms with Gasteiger partial charge in [0.05, 0.1) is 5.69 Å². The zero-order valence-corrected chi connectivity index (χ0v) is 19.2. The second-order valence-electron chi connectivity index (χ2n) is 8.79. The average Bonchev–Trinajstić information content (AvgIpc) is 2.92. The molecule has 6 aromatic rings. The summed E-state index contributed by atoms with van der Waals surface area (Å²) in [6.07, 6.45) is 3.06. The Morgan fingerprint density at radius 2 is 1.21 bits per heavy atom. The molecule has 0 aliphatic heterocycles. The van der Waals surface area contributed by atoms with Crippen molar-refractivity contribution in [1.29, 1.82) is 0 Å². The summed E-state index contributed by atoms with van der Waals surface area (Å²) in [4.78, 5) is 4.84. The summed E-state index contributed by atoms with van der Waals surface area (Å²) < 4.78 is 0. The summed E-state index contributed by atoms with van der Waals surface area (Å²) in [6.45, 7) is 2.19. The zero-order chi connectivity index (χ0) is 22.9. The minimum atomic E-state index is 0.999. The van der Waals surface area contributed by atoms with Crippen molar-refractivity contribution in [2.45, 2.75) is 13.3 Å². The van der Waals surface area contributed by atoms with Gasteiger partial charge in [-0.2, -0.15) is 0 Å². The normalized spacial score (nSPS) is 11.2. The van der Waals surface area contributed by atoms with Crippen molar-refractivity contribution in [3.63, 3.8) is 0 Å². The number of aromatic nitrogens is 1. The first kappa shape index (κ1) is 20.4. The Labute approximate surface area is 200 Å². The van der Waals surface area contributed by atoms with Crippen LogP contribution in [0.5, 0.6) is 0 Å². The van der Waals surface area contributed by atoms with Crippen molar-refractivity contribution in [2.24, 2.45) is 0 Å². The lowest BCUT2D eigenvalue weighted by Crippen LogP contribution is -1.87. The molecule has 0 bridgehead atoms. The van der Waals surface area contributed by atoms with E-state index in [-0.39, 0.29) is 0 Å². The first-order chi connectivity index (χ1) is 16.8. The summed E-state index contributed by atoms with van der Waals surface area (Å²) in [6, 6.07) is 41.4. The maximum absolute atomic E-state index is 4.84. The predicted molar refractivity (Wildman–Crippen MR) is 145 cm³/mol. The van der Waals surface area contributed by atoms with Gasteiger partial charge in [-0.15, -0.1) is 0 Å². The lowest BCUT2D eigenvalue weighted by Gasteiger charge is -2.09. The van der Waals surface area contributed by atoms with Gasteiger partial charge in [-0.1, -0.05) is 104 Å². The summed E-state index contributed by atoms with van der Waals surface area (Å²) in [5.41, 5.74) is 8.35. The fraction of sp³-hybridized carbons (Fsp3) is 0.0606. The van der Waals surface area contributed by atoms with Crippen molar-refractivity contribution in [3.8, 4) is 33.5 Å². The van der Waals surface area contributed by atoms with E-state index in [0.717, 1.165) is 17.7 Å². The van der Waals surface area contributed by atoms with Crippen LogP contribution >= 0.6 is 0 Å². The Morgan fingerprint density at radius 3 is 1.94 bits per heavy atom. The molecule has 1 heteroatoms. The molecule has 0 spiro atoms. The summed E-state index contributed by atoms with van der Waals surface area (Å²) in [5.74, 6) is 0. The average molecular weight is 436 g/mol. The van der Waals surface area contributed by atoms with E-state index in [4.69, 9.17) is 4.98 Å². The molecule has 5 aromatic carbocycles. The Morgan fingerprint density at radius 1 is 0.529 bits per heavy atom. The van der Waals surface area contributed by atoms with Crippen LogP contribution in [0, 0.1) is 0 Å². The van der Waals surface area contributed by atoms with Crippen molar-refractivity contribution >= 4 is 21.5 Å². The third kappa shape index (κ3) is 3.76. The summed E-state index contributed by atoms with van der Waals surface area (Å²) in [5, 5.41) is 4.96. The number of aryl methyl sites for hydroxylation is 1. The van der Waals surface area contributed by atoms with Gasteiger partial charge in [-0.25, -0.2) is 0 Å². The Bertz CT molecular complexity index is 1600. The highest BCUT2D eigenvalue weighted by atomic mass is 14.7. The minimum absolute atomic E-state index is 0.999. The number of hydrogen-bond donors (Lipinski definition) is 0. The first-order valence-corrected chi connectivity index (χ1v) is 11.9. The molecule has 0 aliphatic carbocycles. The lowest BCUT2D eigenvalue weighted by atomic mass is 9.97. The van der Waals surface area contributed by atoms with Crippen LogP contribution in [-0.4, -0.2) is 4.98 Å². The van der Waals surface area contributed by atoms with Crippen LogP contribution in [0.3, 0.4) is 0 Å². The van der Waals surface area contributed by atoms with Gasteiger partial charge >= 0.3 is 0 Å². The van der Waals surface area contributed by atoms with E-state index >= 15 is 0 Å². The molecule has 1 heterocycles. The highest BCUT2D eigenvalue weighted by molar-refractivity contribution is 5.96. The predicted octanol–water partition coefficient (Wildman–Crippen LogP) is 8.95. The van der Waals surface area contributed by atoms with Crippen molar-refractivity contribution in [2.75, 3.05) is 0 Å². The maximum atomic E-state index is 4.84. The van der Waals surface area contributed by atoms with Crippen LogP contribution in [0.4, 0.5) is 0 Å². The molecule has 0 amide bonds. The molecule has 0 saturated carbocycles. The molecule has 1 nitrogen and oxygen atoms in total. The van der Waals surface area contributed by atoms with Gasteiger partial charge in [0.25, 0.3) is 0 Å². The number of hydrogen-bond acceptors (Lipinski definition) is 1. The molecule has 6 rings (SSSR count). The topological polar surface area (TPSA) is 12.9 Å². The van der Waals surface area contributed by atoms with Gasteiger partial charge in [0.2, 0.25) is 0 Å². The number of pyridine rings is 1. The van der Waals surface area contributed by atoms with E-state index in [9.17, 15) is 0 Å². The van der Waals surface area contributed by atoms with Crippen molar-refractivity contribution in [3.05, 3.63) is 127 Å². The molecule has 0 radical (unpaired) electrons. The molecular weight excluding hydrogens is 410 g/mol. The van der Waals surface area contributed by atoms with Crippen LogP contribution in [-0.2, 0) is 6.42 Å². The van der Waals surface area contributed by atoms with Gasteiger partial charge in [0.15, 0.2) is 0 Å². The van der Waals surface area contributed by atoms with Gasteiger partial charge in [-0.05, 0) is 68.4 Å². The fourth-order valence-corrected chi connectivity index (χ4v) is 4.71. The van der Waals surface area contributed by atoms with Crippen LogP contribution in [0.2, 0.25) is 0 Å². The van der Waals surface area contributed by atoms with E-state index in [2.05, 4.69) is 122 Å². The largest absolute Gasteiger partial charge is 0.256 e. The van der Waals surface area contributed by atoms with Crippen LogP contribution in [0.1, 0.15) is 12.5 Å². The molecule has 162 valence electrons. The molecule has 0 aliphatic rings. The molecule has 0 atom stereocenters. The monoisotopic (exact) mass is 435 g/mol. The first-order valence-electron chi connectivity index (χ1n) is 11.9. The molecule has 34 heavy (non-hydrogen) atoms. The molecule has 0 N–H and O–H groups in total. The van der Waals surface area contributed by atoms with Crippen molar-refractivity contribution in [1.82, 2.24) is 4.98 Å². The summed E-state index contributed by atoms with van der Waals surface area (Å²) >= 11 is 0. The molecule has 0 saturated heterocycles. The molecule has 0 unspecified atom stereocenters. The molecular formula is C33H25N.